The van der Waals surface area contributed by atoms with Crippen LogP contribution in [0.2, 0.25) is 0 Å². The molecule has 0 radical (unpaired) electrons. The van der Waals surface area contributed by atoms with E-state index < -0.39 is 0 Å². The highest BCUT2D eigenvalue weighted by Crippen LogP contribution is 2.67. The number of hydrogen-bond acceptors (Lipinski definition) is 6. The maximum Gasteiger partial charge on any atom is 0.315 e. The van der Waals surface area contributed by atoms with Crippen molar-refractivity contribution in [1.82, 2.24) is 10.2 Å². The molecule has 3 saturated carbocycles. The Bertz CT molecular complexity index is 1030. The maximum atomic E-state index is 13.1. The molecule has 47 heavy (non-hydrogen) atoms. The van der Waals surface area contributed by atoms with Crippen LogP contribution in [0.5, 0.6) is 0 Å². The molecule has 4 rings (SSSR count). The summed E-state index contributed by atoms with van der Waals surface area (Å²) in [6.45, 7) is 16.8. The van der Waals surface area contributed by atoms with Gasteiger partial charge < -0.3 is 26.4 Å². The summed E-state index contributed by atoms with van der Waals surface area (Å²) in [5, 5.41) is 3.39. The van der Waals surface area contributed by atoms with Gasteiger partial charge in [0.25, 0.3) is 0 Å². The van der Waals surface area contributed by atoms with Gasteiger partial charge in [-0.25, -0.2) is 0 Å². The van der Waals surface area contributed by atoms with E-state index in [1.807, 2.05) is 4.90 Å². The molecule has 0 aromatic heterocycles. The van der Waals surface area contributed by atoms with E-state index in [9.17, 15) is 9.59 Å². The highest BCUT2D eigenvalue weighted by atomic mass is 16.5. The number of esters is 1. The van der Waals surface area contributed by atoms with Crippen LogP contribution in [-0.4, -0.2) is 62.1 Å². The van der Waals surface area contributed by atoms with Gasteiger partial charge in [-0.15, -0.1) is 0 Å². The van der Waals surface area contributed by atoms with Crippen molar-refractivity contribution in [3.05, 3.63) is 11.6 Å². The van der Waals surface area contributed by atoms with Gasteiger partial charge in [0.15, 0.2) is 0 Å². The highest BCUT2D eigenvalue weighted by Gasteiger charge is 2.59. The molecule has 0 spiro atoms. The Labute approximate surface area is 288 Å². The van der Waals surface area contributed by atoms with E-state index in [1.165, 1.54) is 56.9 Å². The smallest absolute Gasteiger partial charge is 0.315 e. The Balaban J connectivity index is 1.28. The van der Waals surface area contributed by atoms with Crippen LogP contribution in [-0.2, 0) is 14.3 Å². The third-order valence-corrected chi connectivity index (χ3v) is 13.4. The molecule has 3 fully saturated rings. The zero-order chi connectivity index (χ0) is 34.0. The van der Waals surface area contributed by atoms with E-state index in [0.717, 1.165) is 93.5 Å². The molecule has 4 aliphatic carbocycles. The second-order valence-electron chi connectivity index (χ2n) is 16.9. The van der Waals surface area contributed by atoms with Gasteiger partial charge in [0, 0.05) is 19.5 Å². The minimum absolute atomic E-state index is 0.111. The summed E-state index contributed by atoms with van der Waals surface area (Å²) < 4.78 is 6.03. The monoisotopic (exact) mass is 657 g/mol. The Morgan fingerprint density at radius 3 is 2.40 bits per heavy atom. The number of fused-ring (bicyclic) bond motifs is 5. The average Bonchev–Trinajstić information content (AvgIpc) is 3.39. The van der Waals surface area contributed by atoms with E-state index in [-0.39, 0.29) is 29.8 Å². The number of carbonyl (C=O) groups excluding carboxylic acids is 2. The van der Waals surface area contributed by atoms with E-state index >= 15 is 0 Å². The minimum atomic E-state index is -0.368. The molecule has 0 bridgehead atoms. The van der Waals surface area contributed by atoms with Crippen LogP contribution in [0.1, 0.15) is 137 Å². The zero-order valence-corrected chi connectivity index (χ0v) is 31.0. The Morgan fingerprint density at radius 2 is 1.66 bits per heavy atom. The fraction of sp³-hybridized carbons (Fsp3) is 0.900. The van der Waals surface area contributed by atoms with Crippen molar-refractivity contribution in [3.63, 3.8) is 0 Å². The molecule has 7 heteroatoms. The summed E-state index contributed by atoms with van der Waals surface area (Å²) in [6, 6.07) is 0. The van der Waals surface area contributed by atoms with Gasteiger partial charge in [-0.05, 0) is 143 Å². The summed E-state index contributed by atoms with van der Waals surface area (Å²) in [6.07, 6.45) is 19.6. The lowest BCUT2D eigenvalue weighted by Gasteiger charge is -2.58. The van der Waals surface area contributed by atoms with Gasteiger partial charge in [0.2, 0.25) is 5.91 Å². The lowest BCUT2D eigenvalue weighted by Crippen LogP contribution is -2.51. The molecule has 4 aliphatic rings. The quantitative estimate of drug-likeness (QED) is 0.0586. The van der Waals surface area contributed by atoms with Crippen molar-refractivity contribution in [2.24, 2.45) is 57.8 Å². The van der Waals surface area contributed by atoms with Crippen molar-refractivity contribution in [2.75, 3.05) is 39.3 Å². The average molecular weight is 657 g/mol. The lowest BCUT2D eigenvalue weighted by molar-refractivity contribution is -0.155. The third-order valence-electron chi connectivity index (χ3n) is 13.4. The number of amides is 1. The Morgan fingerprint density at radius 1 is 0.915 bits per heavy atom. The van der Waals surface area contributed by atoms with Gasteiger partial charge in [0.05, 0.1) is 0 Å². The molecule has 1 unspecified atom stereocenters. The predicted molar refractivity (Wildman–Crippen MR) is 194 cm³/mol. The van der Waals surface area contributed by atoms with Crippen molar-refractivity contribution in [2.45, 2.75) is 143 Å². The largest absolute Gasteiger partial charge is 0.462 e. The number of allylic oxidation sites excluding steroid dienone is 1. The van der Waals surface area contributed by atoms with Gasteiger partial charge in [0.1, 0.15) is 12.5 Å². The van der Waals surface area contributed by atoms with E-state index in [4.69, 9.17) is 16.2 Å². The molecule has 0 aliphatic heterocycles. The highest BCUT2D eigenvalue weighted by molar-refractivity contribution is 5.94. The van der Waals surface area contributed by atoms with E-state index in [2.05, 4.69) is 46.0 Å². The first kappa shape index (κ1) is 38.4. The second kappa shape index (κ2) is 18.0. The standard InChI is InChI=1S/C40H72N4O3/c1-29(2)11-8-12-30(3)34-15-16-35-33-14-13-31-27-32(17-19-39(31,4)36(33)18-20-40(34,35)5)47-38(46)28-37(45)44(26-10-22-42)25-7-6-23-43-24-9-21-41/h13,29-30,32-36,43H,6-12,14-28,41-42H2,1-5H3/t30-,32+,33+,34-,35+,36?,39+,40-/m1/s1. The van der Waals surface area contributed by atoms with Crippen LogP contribution in [0.3, 0.4) is 0 Å². The Hall–Kier alpha value is -1.44. The van der Waals surface area contributed by atoms with Gasteiger partial charge in [-0.1, -0.05) is 65.5 Å². The van der Waals surface area contributed by atoms with Gasteiger partial charge >= 0.3 is 5.97 Å². The fourth-order valence-electron chi connectivity index (χ4n) is 10.8. The van der Waals surface area contributed by atoms with Crippen LogP contribution in [0, 0.1) is 46.3 Å². The molecule has 1 amide bonds. The van der Waals surface area contributed by atoms with E-state index in [1.54, 1.807) is 0 Å². The van der Waals surface area contributed by atoms with Crippen LogP contribution < -0.4 is 16.8 Å². The second-order valence-corrected chi connectivity index (χ2v) is 16.9. The molecule has 270 valence electrons. The number of hydrogen-bond donors (Lipinski definition) is 3. The topological polar surface area (TPSA) is 111 Å². The van der Waals surface area contributed by atoms with Crippen LogP contribution in [0.15, 0.2) is 11.6 Å². The molecule has 0 aromatic carbocycles. The summed E-state index contributed by atoms with van der Waals surface area (Å²) in [7, 11) is 0. The first-order valence-electron chi connectivity index (χ1n) is 19.8. The summed E-state index contributed by atoms with van der Waals surface area (Å²) in [5.74, 6) is 4.43. The number of ether oxygens (including phenoxy) is 1. The molecular weight excluding hydrogens is 584 g/mol. The van der Waals surface area contributed by atoms with Gasteiger partial charge in [-0.2, -0.15) is 0 Å². The van der Waals surface area contributed by atoms with Crippen molar-refractivity contribution in [1.29, 1.82) is 0 Å². The van der Waals surface area contributed by atoms with Crippen molar-refractivity contribution >= 4 is 11.9 Å². The SMILES string of the molecule is CC(C)CCC[C@@H](C)[C@H]1CC[C@H]2[C@@H]3CC=C4C[C@@H](OC(=O)CC(=O)N(CCCN)CCCCNCCCN)CC[C@]4(C)C3CC[C@]12C. The van der Waals surface area contributed by atoms with E-state index in [0.29, 0.717) is 31.6 Å². The predicted octanol–water partition coefficient (Wildman–Crippen LogP) is 7.23. The third kappa shape index (κ3) is 9.63. The van der Waals surface area contributed by atoms with Crippen LogP contribution >= 0.6 is 0 Å². The van der Waals surface area contributed by atoms with Crippen LogP contribution in [0.25, 0.3) is 0 Å². The molecular formula is C40H72N4O3. The maximum absolute atomic E-state index is 13.1. The molecule has 0 heterocycles. The molecule has 5 N–H and O–H groups in total. The first-order valence-corrected chi connectivity index (χ1v) is 19.8. The number of nitrogens with zero attached hydrogens (tertiary/aromatic N) is 1. The first-order chi connectivity index (χ1) is 22.5. The molecule has 0 aromatic rings. The zero-order valence-electron chi connectivity index (χ0n) is 31.0. The normalized spacial score (nSPS) is 32.3. The number of nitrogens with one attached hydrogen (secondary N) is 1. The van der Waals surface area contributed by atoms with Crippen LogP contribution in [0.4, 0.5) is 0 Å². The number of carbonyl (C=O) groups is 2. The van der Waals surface area contributed by atoms with Crippen molar-refractivity contribution in [3.8, 4) is 0 Å². The Kier molecular flexibility index (Phi) is 14.7. The summed E-state index contributed by atoms with van der Waals surface area (Å²) in [5.41, 5.74) is 13.6. The minimum Gasteiger partial charge on any atom is -0.462 e. The summed E-state index contributed by atoms with van der Waals surface area (Å²) >= 11 is 0. The number of rotatable bonds is 19. The lowest BCUT2D eigenvalue weighted by atomic mass is 9.47. The number of unbranched alkanes of at least 4 members (excludes halogenated alkanes) is 1. The fourth-order valence-corrected chi connectivity index (χ4v) is 10.8. The molecule has 7 nitrogen and oxygen atoms in total. The van der Waals surface area contributed by atoms with Crippen molar-refractivity contribution < 1.29 is 14.3 Å². The molecule has 8 atom stereocenters. The molecule has 0 saturated heterocycles. The van der Waals surface area contributed by atoms with Gasteiger partial charge in [-0.3, -0.25) is 9.59 Å². The number of nitrogens with two attached hydrogens (primary N) is 2. The summed E-state index contributed by atoms with van der Waals surface area (Å²) in [4.78, 5) is 28.0.